The van der Waals surface area contributed by atoms with Crippen LogP contribution in [0.3, 0.4) is 0 Å². The molecule has 0 aliphatic carbocycles. The molecule has 0 rings (SSSR count). The van der Waals surface area contributed by atoms with Gasteiger partial charge in [0.15, 0.2) is 0 Å². The molecule has 0 heterocycles. The van der Waals surface area contributed by atoms with E-state index in [2.05, 4.69) is 10.0 Å². The van der Waals surface area contributed by atoms with E-state index < -0.39 is 10.2 Å². The lowest BCUT2D eigenvalue weighted by atomic mass is 10.7. The zero-order chi connectivity index (χ0) is 11.0. The maximum absolute atomic E-state index is 11.4. The highest BCUT2D eigenvalue weighted by Crippen LogP contribution is 1.91. The second-order valence-electron chi connectivity index (χ2n) is 2.82. The molecule has 0 bridgehead atoms. The van der Waals surface area contributed by atoms with E-state index in [1.54, 1.807) is 7.05 Å². The summed E-state index contributed by atoms with van der Waals surface area (Å²) in [7, 11) is 1.48. The van der Waals surface area contributed by atoms with Gasteiger partial charge in [0, 0.05) is 33.8 Å². The van der Waals surface area contributed by atoms with Crippen molar-refractivity contribution in [2.24, 2.45) is 0 Å². The fourth-order valence-electron chi connectivity index (χ4n) is 0.755. The molecule has 0 aliphatic rings. The van der Waals surface area contributed by atoms with Crippen LogP contribution in [0.4, 0.5) is 0 Å². The molecular weight excluding hydrogens is 206 g/mol. The highest BCUT2D eigenvalue weighted by molar-refractivity contribution is 7.87. The maximum Gasteiger partial charge on any atom is 0.279 e. The molecule has 2 N–H and O–H groups in total. The van der Waals surface area contributed by atoms with Gasteiger partial charge in [0.25, 0.3) is 10.2 Å². The van der Waals surface area contributed by atoms with Crippen molar-refractivity contribution in [3.05, 3.63) is 0 Å². The smallest absolute Gasteiger partial charge is 0.279 e. The van der Waals surface area contributed by atoms with Crippen molar-refractivity contribution in [3.8, 4) is 0 Å². The first kappa shape index (κ1) is 13.8. The molecule has 0 aromatic rings. The predicted molar refractivity (Wildman–Crippen MR) is 55.4 cm³/mol. The average molecular weight is 225 g/mol. The molecule has 0 fully saturated rings. The Morgan fingerprint density at radius 2 is 2.00 bits per heavy atom. The lowest BCUT2D eigenvalue weighted by Crippen LogP contribution is -2.41. The molecule has 14 heavy (non-hydrogen) atoms. The summed E-state index contributed by atoms with van der Waals surface area (Å²) in [5, 5.41) is 2.85. The van der Waals surface area contributed by atoms with Crippen molar-refractivity contribution < 1.29 is 13.2 Å². The van der Waals surface area contributed by atoms with Gasteiger partial charge in [0.1, 0.15) is 0 Å². The Morgan fingerprint density at radius 3 is 2.50 bits per heavy atom. The molecule has 0 spiro atoms. The molecule has 0 atom stereocenters. The van der Waals surface area contributed by atoms with E-state index in [0.29, 0.717) is 26.2 Å². The third kappa shape index (κ3) is 5.51. The molecule has 0 aromatic carbocycles. The van der Waals surface area contributed by atoms with Gasteiger partial charge in [-0.15, -0.1) is 0 Å². The summed E-state index contributed by atoms with van der Waals surface area (Å²) in [6.45, 7) is 1.74. The summed E-state index contributed by atoms with van der Waals surface area (Å²) in [6.07, 6.45) is 0. The number of hydrogen-bond donors (Lipinski definition) is 2. The molecule has 7 heteroatoms. The fraction of sp³-hybridized carbons (Fsp3) is 1.00. The van der Waals surface area contributed by atoms with Gasteiger partial charge in [-0.05, 0) is 7.05 Å². The summed E-state index contributed by atoms with van der Waals surface area (Å²) < 4.78 is 31.3. The Hall–Kier alpha value is -0.210. The molecule has 0 unspecified atom stereocenters. The average Bonchev–Trinajstić information content (AvgIpc) is 2.14. The summed E-state index contributed by atoms with van der Waals surface area (Å²) in [5.41, 5.74) is 0. The van der Waals surface area contributed by atoms with E-state index in [4.69, 9.17) is 4.74 Å². The zero-order valence-corrected chi connectivity index (χ0v) is 9.73. The largest absolute Gasteiger partial charge is 0.383 e. The second-order valence-corrected chi connectivity index (χ2v) is 4.68. The minimum atomic E-state index is -3.34. The van der Waals surface area contributed by atoms with E-state index in [0.717, 1.165) is 0 Å². The van der Waals surface area contributed by atoms with Crippen molar-refractivity contribution >= 4 is 10.2 Å². The number of likely N-dealkylation sites (N-methyl/N-ethyl adjacent to an activating group) is 2. The van der Waals surface area contributed by atoms with Gasteiger partial charge in [0.2, 0.25) is 0 Å². The van der Waals surface area contributed by atoms with Crippen LogP contribution >= 0.6 is 0 Å². The number of ether oxygens (including phenoxy) is 1. The van der Waals surface area contributed by atoms with Gasteiger partial charge < -0.3 is 10.1 Å². The molecule has 0 radical (unpaired) electrons. The first-order valence-electron chi connectivity index (χ1n) is 4.39. The number of nitrogens with zero attached hydrogens (tertiary/aromatic N) is 1. The normalized spacial score (nSPS) is 12.3. The van der Waals surface area contributed by atoms with E-state index in [1.165, 1.54) is 18.5 Å². The van der Waals surface area contributed by atoms with Crippen LogP contribution in [0, 0.1) is 0 Å². The first-order valence-corrected chi connectivity index (χ1v) is 5.83. The molecule has 0 amide bonds. The first-order chi connectivity index (χ1) is 6.54. The standard InChI is InChI=1S/C7H19N3O3S/c1-8-4-5-9-14(11,12)10(2)6-7-13-3/h8-9H,4-7H2,1-3H3. The van der Waals surface area contributed by atoms with Crippen molar-refractivity contribution in [1.29, 1.82) is 0 Å². The Bertz CT molecular complexity index is 230. The third-order valence-corrected chi connectivity index (χ3v) is 3.25. The number of hydrogen-bond acceptors (Lipinski definition) is 4. The topological polar surface area (TPSA) is 70.7 Å². The monoisotopic (exact) mass is 225 g/mol. The molecule has 86 valence electrons. The van der Waals surface area contributed by atoms with Crippen LogP contribution in [0.1, 0.15) is 0 Å². The Kier molecular flexibility index (Phi) is 7.02. The summed E-state index contributed by atoms with van der Waals surface area (Å²) in [6, 6.07) is 0. The lowest BCUT2D eigenvalue weighted by Gasteiger charge is -2.16. The van der Waals surface area contributed by atoms with E-state index in [1.807, 2.05) is 0 Å². The minimum absolute atomic E-state index is 0.353. The molecule has 6 nitrogen and oxygen atoms in total. The Morgan fingerprint density at radius 1 is 1.36 bits per heavy atom. The summed E-state index contributed by atoms with van der Waals surface area (Å²) in [4.78, 5) is 0. The van der Waals surface area contributed by atoms with Crippen LogP contribution in [-0.4, -0.2) is 60.2 Å². The van der Waals surface area contributed by atoms with E-state index in [-0.39, 0.29) is 0 Å². The van der Waals surface area contributed by atoms with Crippen molar-refractivity contribution in [2.45, 2.75) is 0 Å². The van der Waals surface area contributed by atoms with Crippen LogP contribution < -0.4 is 10.0 Å². The molecular formula is C7H19N3O3S. The van der Waals surface area contributed by atoms with Crippen LogP contribution in [0.2, 0.25) is 0 Å². The van der Waals surface area contributed by atoms with Gasteiger partial charge in [-0.3, -0.25) is 0 Å². The fourth-order valence-corrected chi connectivity index (χ4v) is 1.65. The minimum Gasteiger partial charge on any atom is -0.383 e. The van der Waals surface area contributed by atoms with Gasteiger partial charge in [-0.25, -0.2) is 4.72 Å². The van der Waals surface area contributed by atoms with Crippen LogP contribution in [0.15, 0.2) is 0 Å². The van der Waals surface area contributed by atoms with Gasteiger partial charge in [-0.2, -0.15) is 12.7 Å². The van der Waals surface area contributed by atoms with E-state index in [9.17, 15) is 8.42 Å². The Labute approximate surface area is 85.8 Å². The summed E-state index contributed by atoms with van der Waals surface area (Å²) in [5.74, 6) is 0. The predicted octanol–water partition coefficient (Wildman–Crippen LogP) is -1.38. The number of nitrogens with one attached hydrogen (secondary N) is 2. The van der Waals surface area contributed by atoms with E-state index >= 15 is 0 Å². The zero-order valence-electron chi connectivity index (χ0n) is 8.91. The Balaban J connectivity index is 3.91. The van der Waals surface area contributed by atoms with Gasteiger partial charge in [-0.1, -0.05) is 0 Å². The van der Waals surface area contributed by atoms with Crippen molar-refractivity contribution in [3.63, 3.8) is 0 Å². The number of rotatable bonds is 8. The van der Waals surface area contributed by atoms with Crippen LogP contribution in [0.5, 0.6) is 0 Å². The summed E-state index contributed by atoms with van der Waals surface area (Å²) >= 11 is 0. The SMILES string of the molecule is CNCCNS(=O)(=O)N(C)CCOC. The molecule has 0 aliphatic heterocycles. The highest BCUT2D eigenvalue weighted by atomic mass is 32.2. The quantitative estimate of drug-likeness (QED) is 0.499. The molecule has 0 saturated heterocycles. The lowest BCUT2D eigenvalue weighted by molar-refractivity contribution is 0.184. The van der Waals surface area contributed by atoms with Crippen LogP contribution in [-0.2, 0) is 14.9 Å². The van der Waals surface area contributed by atoms with Crippen molar-refractivity contribution in [2.75, 3.05) is 47.4 Å². The van der Waals surface area contributed by atoms with Crippen molar-refractivity contribution in [1.82, 2.24) is 14.3 Å². The highest BCUT2D eigenvalue weighted by Gasteiger charge is 2.15. The van der Waals surface area contributed by atoms with Gasteiger partial charge >= 0.3 is 0 Å². The molecule has 0 aromatic heterocycles. The second kappa shape index (κ2) is 7.13. The van der Waals surface area contributed by atoms with Gasteiger partial charge in [0.05, 0.1) is 6.61 Å². The maximum atomic E-state index is 11.4. The van der Waals surface area contributed by atoms with Crippen LogP contribution in [0.25, 0.3) is 0 Å². The third-order valence-electron chi connectivity index (χ3n) is 1.68. The number of methoxy groups -OCH3 is 1. The molecule has 0 saturated carbocycles.